The van der Waals surface area contributed by atoms with E-state index in [4.69, 9.17) is 0 Å². The third-order valence-corrected chi connectivity index (χ3v) is 4.72. The lowest BCUT2D eigenvalue weighted by molar-refractivity contribution is -0.132. The molecule has 0 radical (unpaired) electrons. The lowest BCUT2D eigenvalue weighted by atomic mass is 9.93. The van der Waals surface area contributed by atoms with Crippen molar-refractivity contribution in [3.63, 3.8) is 0 Å². The molecule has 1 aliphatic heterocycles. The van der Waals surface area contributed by atoms with E-state index < -0.39 is 0 Å². The summed E-state index contributed by atoms with van der Waals surface area (Å²) in [6, 6.07) is 20.8. The van der Waals surface area contributed by atoms with Crippen molar-refractivity contribution in [2.24, 2.45) is 0 Å². The number of rotatable bonds is 6. The van der Waals surface area contributed by atoms with Crippen LogP contribution in [0.25, 0.3) is 0 Å². The quantitative estimate of drug-likeness (QED) is 0.861. The fourth-order valence-electron chi connectivity index (χ4n) is 3.48. The largest absolute Gasteiger partial charge is 0.380 e. The van der Waals surface area contributed by atoms with Gasteiger partial charge in [-0.15, -0.1) is 0 Å². The molecule has 1 saturated heterocycles. The molecule has 24 heavy (non-hydrogen) atoms. The lowest BCUT2D eigenvalue weighted by Gasteiger charge is -2.24. The molecule has 1 N–H and O–H groups in total. The first-order valence-electron chi connectivity index (χ1n) is 8.93. The van der Waals surface area contributed by atoms with Gasteiger partial charge in [0.15, 0.2) is 0 Å². The minimum absolute atomic E-state index is 0.00771. The molecule has 1 aliphatic rings. The Morgan fingerprint density at radius 1 is 1.12 bits per heavy atom. The van der Waals surface area contributed by atoms with Gasteiger partial charge in [0.2, 0.25) is 5.91 Å². The molecule has 0 bridgehead atoms. The van der Waals surface area contributed by atoms with Crippen molar-refractivity contribution < 1.29 is 4.79 Å². The van der Waals surface area contributed by atoms with Gasteiger partial charge < -0.3 is 10.2 Å². The number of anilines is 1. The van der Waals surface area contributed by atoms with Gasteiger partial charge >= 0.3 is 0 Å². The van der Waals surface area contributed by atoms with Crippen molar-refractivity contribution in [3.8, 4) is 0 Å². The molecular formula is C21H26N2O. The van der Waals surface area contributed by atoms with Crippen molar-refractivity contribution >= 4 is 11.6 Å². The molecule has 1 fully saturated rings. The van der Waals surface area contributed by atoms with E-state index in [9.17, 15) is 4.79 Å². The van der Waals surface area contributed by atoms with E-state index in [0.29, 0.717) is 6.04 Å². The number of para-hydroxylation sites is 1. The normalized spacial score (nSPS) is 18.4. The second-order valence-corrected chi connectivity index (χ2v) is 6.53. The van der Waals surface area contributed by atoms with Crippen molar-refractivity contribution in [3.05, 3.63) is 66.2 Å². The molecule has 0 aliphatic carbocycles. The van der Waals surface area contributed by atoms with Crippen LogP contribution in [-0.4, -0.2) is 29.9 Å². The molecule has 1 amide bonds. The second kappa shape index (κ2) is 8.00. The van der Waals surface area contributed by atoms with Crippen LogP contribution in [-0.2, 0) is 4.79 Å². The van der Waals surface area contributed by atoms with Gasteiger partial charge in [0, 0.05) is 24.8 Å². The average Bonchev–Trinajstić information content (AvgIpc) is 3.09. The van der Waals surface area contributed by atoms with Crippen molar-refractivity contribution in [1.82, 2.24) is 4.90 Å². The number of likely N-dealkylation sites (tertiary alicyclic amines) is 1. The first-order valence-corrected chi connectivity index (χ1v) is 8.93. The van der Waals surface area contributed by atoms with Crippen LogP contribution < -0.4 is 5.32 Å². The zero-order valence-corrected chi connectivity index (χ0v) is 14.3. The Morgan fingerprint density at radius 3 is 2.46 bits per heavy atom. The maximum atomic E-state index is 13.0. The monoisotopic (exact) mass is 322 g/mol. The van der Waals surface area contributed by atoms with E-state index in [1.165, 1.54) is 0 Å². The Hall–Kier alpha value is -2.29. The molecule has 3 heteroatoms. The highest BCUT2D eigenvalue weighted by Gasteiger charge is 2.31. The number of benzene rings is 2. The fraction of sp³-hybridized carbons (Fsp3) is 0.381. The molecule has 0 aromatic heterocycles. The molecular weight excluding hydrogens is 296 g/mol. The molecule has 2 atom stereocenters. The number of nitrogens with zero attached hydrogens (tertiary/aromatic N) is 1. The van der Waals surface area contributed by atoms with E-state index in [0.717, 1.165) is 43.6 Å². The van der Waals surface area contributed by atoms with Crippen LogP contribution in [0, 0.1) is 0 Å². The van der Waals surface area contributed by atoms with Crippen molar-refractivity contribution in [2.45, 2.75) is 38.1 Å². The molecule has 126 valence electrons. The van der Waals surface area contributed by atoms with Gasteiger partial charge in [0.05, 0.1) is 5.92 Å². The third-order valence-electron chi connectivity index (χ3n) is 4.72. The molecule has 3 nitrogen and oxygen atoms in total. The summed E-state index contributed by atoms with van der Waals surface area (Å²) in [5, 5.41) is 3.54. The summed E-state index contributed by atoms with van der Waals surface area (Å²) in [5.41, 5.74) is 2.27. The van der Waals surface area contributed by atoms with Crippen LogP contribution >= 0.6 is 0 Å². The molecule has 3 rings (SSSR count). The summed E-state index contributed by atoms with van der Waals surface area (Å²) < 4.78 is 0. The zero-order chi connectivity index (χ0) is 16.8. The van der Waals surface area contributed by atoms with Gasteiger partial charge in [-0.3, -0.25) is 4.79 Å². The van der Waals surface area contributed by atoms with Crippen molar-refractivity contribution in [2.75, 3.05) is 18.4 Å². The molecule has 0 saturated carbocycles. The standard InChI is InChI=1S/C21H26N2O/c1-2-9-20(17-10-5-3-6-11-17)21(24)23-15-14-19(16-23)22-18-12-7-4-8-13-18/h3-8,10-13,19-20,22H,2,9,14-16H2,1H3. The summed E-state index contributed by atoms with van der Waals surface area (Å²) in [6.07, 6.45) is 2.94. The first-order chi connectivity index (χ1) is 11.8. The van der Waals surface area contributed by atoms with Crippen LogP contribution in [0.2, 0.25) is 0 Å². The Morgan fingerprint density at radius 2 is 1.79 bits per heavy atom. The van der Waals surface area contributed by atoms with Gasteiger partial charge in [-0.05, 0) is 30.5 Å². The van der Waals surface area contributed by atoms with E-state index in [1.807, 2.05) is 41.3 Å². The van der Waals surface area contributed by atoms with Gasteiger partial charge in [-0.1, -0.05) is 61.9 Å². The topological polar surface area (TPSA) is 32.3 Å². The summed E-state index contributed by atoms with van der Waals surface area (Å²) in [4.78, 5) is 15.1. The number of hydrogen-bond acceptors (Lipinski definition) is 2. The SMILES string of the molecule is CCCC(C(=O)N1CCC(Nc2ccccc2)C1)c1ccccc1. The first kappa shape index (κ1) is 16.6. The highest BCUT2D eigenvalue weighted by molar-refractivity contribution is 5.84. The van der Waals surface area contributed by atoms with Crippen LogP contribution in [0.3, 0.4) is 0 Å². The summed E-state index contributed by atoms with van der Waals surface area (Å²) in [7, 11) is 0. The fourth-order valence-corrected chi connectivity index (χ4v) is 3.48. The Bertz CT molecular complexity index is 641. The Kier molecular flexibility index (Phi) is 5.52. The number of carbonyl (C=O) groups excluding carboxylic acids is 1. The maximum Gasteiger partial charge on any atom is 0.230 e. The third kappa shape index (κ3) is 3.97. The van der Waals surface area contributed by atoms with Crippen LogP contribution in [0.15, 0.2) is 60.7 Å². The number of amides is 1. The summed E-state index contributed by atoms with van der Waals surface area (Å²) >= 11 is 0. The Balaban J connectivity index is 1.64. The minimum Gasteiger partial charge on any atom is -0.380 e. The van der Waals surface area contributed by atoms with Gasteiger partial charge in [0.1, 0.15) is 0 Å². The van der Waals surface area contributed by atoms with E-state index in [-0.39, 0.29) is 11.8 Å². The lowest BCUT2D eigenvalue weighted by Crippen LogP contribution is -2.35. The number of nitrogens with one attached hydrogen (secondary N) is 1. The van der Waals surface area contributed by atoms with Gasteiger partial charge in [0.25, 0.3) is 0 Å². The summed E-state index contributed by atoms with van der Waals surface area (Å²) in [6.45, 7) is 3.78. The van der Waals surface area contributed by atoms with E-state index in [1.54, 1.807) is 0 Å². The molecule has 2 aromatic carbocycles. The van der Waals surface area contributed by atoms with E-state index >= 15 is 0 Å². The molecule has 1 heterocycles. The molecule has 2 unspecified atom stereocenters. The molecule has 0 spiro atoms. The highest BCUT2D eigenvalue weighted by Crippen LogP contribution is 2.26. The maximum absolute atomic E-state index is 13.0. The average molecular weight is 322 g/mol. The second-order valence-electron chi connectivity index (χ2n) is 6.53. The Labute approximate surface area is 144 Å². The van der Waals surface area contributed by atoms with Crippen LogP contribution in [0.1, 0.15) is 37.7 Å². The van der Waals surface area contributed by atoms with Gasteiger partial charge in [-0.25, -0.2) is 0 Å². The smallest absolute Gasteiger partial charge is 0.230 e. The van der Waals surface area contributed by atoms with Crippen molar-refractivity contribution in [1.29, 1.82) is 0 Å². The number of hydrogen-bond donors (Lipinski definition) is 1. The van der Waals surface area contributed by atoms with Crippen LogP contribution in [0.5, 0.6) is 0 Å². The minimum atomic E-state index is -0.00771. The zero-order valence-electron chi connectivity index (χ0n) is 14.3. The predicted octanol–water partition coefficient (Wildman–Crippen LogP) is 4.28. The van der Waals surface area contributed by atoms with Gasteiger partial charge in [-0.2, -0.15) is 0 Å². The van der Waals surface area contributed by atoms with Crippen LogP contribution in [0.4, 0.5) is 5.69 Å². The predicted molar refractivity (Wildman–Crippen MR) is 99.1 cm³/mol. The highest BCUT2D eigenvalue weighted by atomic mass is 16.2. The van der Waals surface area contributed by atoms with E-state index in [2.05, 4.69) is 36.5 Å². The summed E-state index contributed by atoms with van der Waals surface area (Å²) in [5.74, 6) is 0.270. The number of carbonyl (C=O) groups is 1. The molecule has 2 aromatic rings.